The van der Waals surface area contributed by atoms with E-state index >= 15 is 0 Å². The van der Waals surface area contributed by atoms with Gasteiger partial charge in [-0.2, -0.15) is 5.10 Å². The van der Waals surface area contributed by atoms with E-state index in [1.807, 2.05) is 36.4 Å². The van der Waals surface area contributed by atoms with Gasteiger partial charge < -0.3 is 14.6 Å². The molecule has 148 valence electrons. The first-order chi connectivity index (χ1) is 14.1. The van der Waals surface area contributed by atoms with Gasteiger partial charge in [-0.25, -0.2) is 5.43 Å². The van der Waals surface area contributed by atoms with Crippen molar-refractivity contribution < 1.29 is 19.4 Å². The van der Waals surface area contributed by atoms with Crippen LogP contribution in [-0.4, -0.2) is 24.3 Å². The lowest BCUT2D eigenvalue weighted by Gasteiger charge is -2.11. The number of para-hydroxylation sites is 1. The second kappa shape index (κ2) is 9.41. The minimum absolute atomic E-state index is 0.0539. The number of ether oxygens (including phenoxy) is 2. The third kappa shape index (κ3) is 5.13. The van der Waals surface area contributed by atoms with Gasteiger partial charge in [-0.15, -0.1) is 0 Å². The van der Waals surface area contributed by atoms with Crippen molar-refractivity contribution >= 4 is 12.1 Å². The molecule has 0 aliphatic carbocycles. The van der Waals surface area contributed by atoms with E-state index in [0.29, 0.717) is 23.7 Å². The summed E-state index contributed by atoms with van der Waals surface area (Å²) in [7, 11) is 1.56. The molecular formula is C23H22N2O4. The van der Waals surface area contributed by atoms with Crippen LogP contribution in [0.4, 0.5) is 0 Å². The lowest BCUT2D eigenvalue weighted by Crippen LogP contribution is -2.17. The summed E-state index contributed by atoms with van der Waals surface area (Å²) >= 11 is 0. The minimum atomic E-state index is -0.489. The number of rotatable bonds is 7. The average molecular weight is 390 g/mol. The molecule has 0 radical (unpaired) electrons. The molecule has 0 aliphatic heterocycles. The topological polar surface area (TPSA) is 80.2 Å². The van der Waals surface area contributed by atoms with Crippen LogP contribution in [0, 0.1) is 6.92 Å². The lowest BCUT2D eigenvalue weighted by atomic mass is 10.1. The highest BCUT2D eigenvalue weighted by molar-refractivity contribution is 5.97. The van der Waals surface area contributed by atoms with Gasteiger partial charge in [0.2, 0.25) is 0 Å². The van der Waals surface area contributed by atoms with Crippen molar-refractivity contribution in [3.05, 3.63) is 89.0 Å². The first-order valence-electron chi connectivity index (χ1n) is 9.05. The maximum Gasteiger partial charge on any atom is 0.275 e. The molecule has 0 spiro atoms. The summed E-state index contributed by atoms with van der Waals surface area (Å²) in [6.07, 6.45) is 1.49. The summed E-state index contributed by atoms with van der Waals surface area (Å²) in [6, 6.07) is 20.2. The number of carbonyl (C=O) groups excluding carboxylic acids is 1. The highest BCUT2D eigenvalue weighted by Crippen LogP contribution is 2.28. The van der Waals surface area contributed by atoms with Crippen LogP contribution < -0.4 is 14.9 Å². The Labute approximate surface area is 169 Å². The summed E-state index contributed by atoms with van der Waals surface area (Å²) in [5.41, 5.74) is 4.99. The van der Waals surface area contributed by atoms with E-state index < -0.39 is 5.91 Å². The van der Waals surface area contributed by atoms with E-state index in [2.05, 4.69) is 10.5 Å². The number of phenols is 1. The summed E-state index contributed by atoms with van der Waals surface area (Å²) in [6.45, 7) is 2.16. The van der Waals surface area contributed by atoms with Crippen molar-refractivity contribution in [1.29, 1.82) is 0 Å². The number of aryl methyl sites for hydroxylation is 1. The van der Waals surface area contributed by atoms with Crippen LogP contribution in [0.25, 0.3) is 0 Å². The number of aromatic hydroxyl groups is 1. The number of nitrogens with one attached hydrogen (secondary N) is 1. The number of hydrogen-bond acceptors (Lipinski definition) is 5. The lowest BCUT2D eigenvalue weighted by molar-refractivity contribution is 0.0952. The zero-order valence-electron chi connectivity index (χ0n) is 16.3. The third-order valence-corrected chi connectivity index (χ3v) is 4.29. The fraction of sp³-hybridized carbons (Fsp3) is 0.130. The Hall–Kier alpha value is -3.80. The zero-order valence-corrected chi connectivity index (χ0v) is 16.3. The number of methoxy groups -OCH3 is 1. The SMILES string of the molecule is COc1cc(/C=N\NC(=O)c2cccc(C)c2O)ccc1OCc1ccccc1. The van der Waals surface area contributed by atoms with Gasteiger partial charge in [0.1, 0.15) is 12.4 Å². The van der Waals surface area contributed by atoms with Crippen molar-refractivity contribution in [1.82, 2.24) is 5.43 Å². The van der Waals surface area contributed by atoms with E-state index in [4.69, 9.17) is 9.47 Å². The molecular weight excluding hydrogens is 368 g/mol. The Morgan fingerprint density at radius 1 is 1.07 bits per heavy atom. The van der Waals surface area contributed by atoms with Crippen molar-refractivity contribution in [3.63, 3.8) is 0 Å². The predicted molar refractivity (Wildman–Crippen MR) is 112 cm³/mol. The zero-order chi connectivity index (χ0) is 20.6. The molecule has 0 saturated carbocycles. The molecule has 6 nitrogen and oxygen atoms in total. The predicted octanol–water partition coefficient (Wildman–Crippen LogP) is 4.05. The quantitative estimate of drug-likeness (QED) is 0.471. The molecule has 0 aromatic heterocycles. The van der Waals surface area contributed by atoms with Crippen LogP contribution >= 0.6 is 0 Å². The molecule has 0 bridgehead atoms. The number of amides is 1. The van der Waals surface area contributed by atoms with Gasteiger partial charge in [-0.05, 0) is 47.9 Å². The number of nitrogens with zero attached hydrogens (tertiary/aromatic N) is 1. The molecule has 0 saturated heterocycles. The second-order valence-corrected chi connectivity index (χ2v) is 6.35. The molecule has 0 aliphatic rings. The van der Waals surface area contributed by atoms with Crippen LogP contribution in [0.5, 0.6) is 17.2 Å². The highest BCUT2D eigenvalue weighted by Gasteiger charge is 2.11. The number of phenolic OH excluding ortho intramolecular Hbond substituents is 1. The van der Waals surface area contributed by atoms with E-state index in [-0.39, 0.29) is 11.3 Å². The number of benzene rings is 3. The van der Waals surface area contributed by atoms with Gasteiger partial charge in [-0.1, -0.05) is 42.5 Å². The molecule has 1 amide bonds. The Bertz CT molecular complexity index is 1020. The van der Waals surface area contributed by atoms with Crippen LogP contribution in [0.15, 0.2) is 71.8 Å². The maximum absolute atomic E-state index is 12.2. The van der Waals surface area contributed by atoms with Crippen molar-refractivity contribution in [3.8, 4) is 17.2 Å². The van der Waals surface area contributed by atoms with E-state index in [1.54, 1.807) is 38.3 Å². The Morgan fingerprint density at radius 2 is 1.86 bits per heavy atom. The molecule has 29 heavy (non-hydrogen) atoms. The average Bonchev–Trinajstić information content (AvgIpc) is 2.75. The first-order valence-corrected chi connectivity index (χ1v) is 9.05. The fourth-order valence-corrected chi connectivity index (χ4v) is 2.69. The van der Waals surface area contributed by atoms with E-state index in [0.717, 1.165) is 11.1 Å². The number of carbonyl (C=O) groups is 1. The fourth-order valence-electron chi connectivity index (χ4n) is 2.69. The molecule has 0 fully saturated rings. The molecule has 0 heterocycles. The van der Waals surface area contributed by atoms with Crippen LogP contribution in [0.1, 0.15) is 27.0 Å². The Morgan fingerprint density at radius 3 is 2.62 bits per heavy atom. The molecule has 3 aromatic rings. The normalized spacial score (nSPS) is 10.7. The molecule has 3 rings (SSSR count). The van der Waals surface area contributed by atoms with E-state index in [9.17, 15) is 9.90 Å². The summed E-state index contributed by atoms with van der Waals surface area (Å²) in [4.78, 5) is 12.2. The standard InChI is InChI=1S/C23H22N2O4/c1-16-7-6-10-19(22(16)26)23(27)25-24-14-18-11-12-20(21(13-18)28-2)29-15-17-8-4-3-5-9-17/h3-14,26H,15H2,1-2H3,(H,25,27)/b24-14-. The van der Waals surface area contributed by atoms with Gasteiger partial charge >= 0.3 is 0 Å². The Kier molecular flexibility index (Phi) is 6.47. The van der Waals surface area contributed by atoms with Crippen molar-refractivity contribution in [2.75, 3.05) is 7.11 Å². The van der Waals surface area contributed by atoms with Gasteiger partial charge in [-0.3, -0.25) is 4.79 Å². The minimum Gasteiger partial charge on any atom is -0.507 e. The molecule has 3 aromatic carbocycles. The molecule has 0 atom stereocenters. The van der Waals surface area contributed by atoms with Crippen LogP contribution in [-0.2, 0) is 6.61 Å². The smallest absolute Gasteiger partial charge is 0.275 e. The first kappa shape index (κ1) is 19.9. The maximum atomic E-state index is 12.2. The molecule has 0 unspecified atom stereocenters. The molecule has 6 heteroatoms. The van der Waals surface area contributed by atoms with Gasteiger partial charge in [0.05, 0.1) is 18.9 Å². The summed E-state index contributed by atoms with van der Waals surface area (Å²) in [5.74, 6) is 0.633. The van der Waals surface area contributed by atoms with Gasteiger partial charge in [0.15, 0.2) is 11.5 Å². The monoisotopic (exact) mass is 390 g/mol. The van der Waals surface area contributed by atoms with E-state index in [1.165, 1.54) is 12.3 Å². The van der Waals surface area contributed by atoms with Crippen molar-refractivity contribution in [2.45, 2.75) is 13.5 Å². The van der Waals surface area contributed by atoms with Crippen LogP contribution in [0.3, 0.4) is 0 Å². The summed E-state index contributed by atoms with van der Waals surface area (Å²) in [5, 5.41) is 13.9. The largest absolute Gasteiger partial charge is 0.507 e. The Balaban J connectivity index is 1.65. The van der Waals surface area contributed by atoms with Crippen molar-refractivity contribution in [2.24, 2.45) is 5.10 Å². The highest BCUT2D eigenvalue weighted by atomic mass is 16.5. The summed E-state index contributed by atoms with van der Waals surface area (Å²) < 4.78 is 11.2. The van der Waals surface area contributed by atoms with Crippen LogP contribution in [0.2, 0.25) is 0 Å². The van der Waals surface area contributed by atoms with Gasteiger partial charge in [0.25, 0.3) is 5.91 Å². The number of hydrazone groups is 1. The van der Waals surface area contributed by atoms with Gasteiger partial charge in [0, 0.05) is 0 Å². The second-order valence-electron chi connectivity index (χ2n) is 6.35. The molecule has 2 N–H and O–H groups in total. The number of hydrogen-bond donors (Lipinski definition) is 2. The third-order valence-electron chi connectivity index (χ3n) is 4.29.